The molecule has 0 bridgehead atoms. The lowest BCUT2D eigenvalue weighted by atomic mass is 10.2. The van der Waals surface area contributed by atoms with Crippen molar-refractivity contribution in [3.05, 3.63) is 120 Å². The van der Waals surface area contributed by atoms with E-state index >= 15 is 0 Å². The third-order valence-corrected chi connectivity index (χ3v) is 4.73. The monoisotopic (exact) mass is 516 g/mol. The summed E-state index contributed by atoms with van der Waals surface area (Å²) >= 11 is 0. The zero-order valence-electron chi connectivity index (χ0n) is 20.3. The van der Waals surface area contributed by atoms with Crippen LogP contribution in [0.5, 0.6) is 23.0 Å². The van der Waals surface area contributed by atoms with Crippen molar-refractivity contribution in [2.75, 3.05) is 7.11 Å². The van der Waals surface area contributed by atoms with E-state index in [9.17, 15) is 19.5 Å². The lowest BCUT2D eigenvalue weighted by Crippen LogP contribution is -2.17. The third kappa shape index (κ3) is 8.72. The van der Waals surface area contributed by atoms with E-state index in [0.29, 0.717) is 22.8 Å². The molecule has 38 heavy (non-hydrogen) atoms. The standard InChI is InChI=1S/C15H12O5.C14H12O4/c1-18-13-10-6-5-9-12(13)14(16)20-15(17)19-11-7-3-2-4-8-11;15-13-9-5-4-6-11(13)10-17-14(16)18-12-7-2-1-3-8-12/h2-10H,1H3;1-9,15H,10H2. The Labute approximate surface area is 218 Å². The van der Waals surface area contributed by atoms with Gasteiger partial charge in [0, 0.05) is 5.56 Å². The van der Waals surface area contributed by atoms with Gasteiger partial charge in [-0.2, -0.15) is 0 Å². The summed E-state index contributed by atoms with van der Waals surface area (Å²) in [4.78, 5) is 34.7. The number of phenolic OH excluding ortho intramolecular Hbond substituents is 1. The van der Waals surface area contributed by atoms with Gasteiger partial charge < -0.3 is 28.8 Å². The van der Waals surface area contributed by atoms with Gasteiger partial charge in [0.05, 0.1) is 7.11 Å². The van der Waals surface area contributed by atoms with Crippen molar-refractivity contribution in [2.24, 2.45) is 0 Å². The largest absolute Gasteiger partial charge is 0.521 e. The second kappa shape index (κ2) is 14.3. The smallest absolute Gasteiger partial charge is 0.508 e. The van der Waals surface area contributed by atoms with Gasteiger partial charge in [0.15, 0.2) is 0 Å². The van der Waals surface area contributed by atoms with Crippen molar-refractivity contribution in [1.82, 2.24) is 0 Å². The predicted molar refractivity (Wildman–Crippen MR) is 136 cm³/mol. The Hall–Kier alpha value is -5.31. The summed E-state index contributed by atoms with van der Waals surface area (Å²) in [6.07, 6.45) is -1.89. The Morgan fingerprint density at radius 2 is 1.18 bits per heavy atom. The molecule has 0 fully saturated rings. The van der Waals surface area contributed by atoms with Gasteiger partial charge in [-0.25, -0.2) is 14.4 Å². The minimum atomic E-state index is -1.09. The van der Waals surface area contributed by atoms with Crippen LogP contribution in [0.15, 0.2) is 109 Å². The number of aromatic hydroxyl groups is 1. The average molecular weight is 517 g/mol. The summed E-state index contributed by atoms with van der Waals surface area (Å²) in [5, 5.41) is 9.48. The molecule has 194 valence electrons. The van der Waals surface area contributed by atoms with Crippen molar-refractivity contribution in [2.45, 2.75) is 6.61 Å². The van der Waals surface area contributed by atoms with E-state index in [1.807, 2.05) is 6.07 Å². The lowest BCUT2D eigenvalue weighted by molar-refractivity contribution is 0.0526. The summed E-state index contributed by atoms with van der Waals surface area (Å²) in [5.74, 6) is 0.295. The van der Waals surface area contributed by atoms with Gasteiger partial charge in [0.2, 0.25) is 0 Å². The molecule has 9 heteroatoms. The number of carbonyl (C=O) groups excluding carboxylic acids is 3. The molecule has 4 aromatic carbocycles. The Bertz CT molecular complexity index is 1340. The fourth-order valence-corrected chi connectivity index (χ4v) is 2.93. The van der Waals surface area contributed by atoms with E-state index in [-0.39, 0.29) is 17.9 Å². The number of hydrogen-bond donors (Lipinski definition) is 1. The quantitative estimate of drug-likeness (QED) is 0.183. The zero-order valence-corrected chi connectivity index (χ0v) is 20.3. The second-order valence-electron chi connectivity index (χ2n) is 7.34. The highest BCUT2D eigenvalue weighted by atomic mass is 16.7. The van der Waals surface area contributed by atoms with E-state index in [1.54, 1.807) is 91.0 Å². The molecular weight excluding hydrogens is 492 g/mol. The fraction of sp³-hybridized carbons (Fsp3) is 0.0690. The van der Waals surface area contributed by atoms with E-state index in [1.165, 1.54) is 19.2 Å². The Morgan fingerprint density at radius 3 is 1.79 bits per heavy atom. The number of ether oxygens (including phenoxy) is 5. The first kappa shape index (κ1) is 27.3. The van der Waals surface area contributed by atoms with Crippen LogP contribution in [0.25, 0.3) is 0 Å². The maximum atomic E-state index is 11.8. The number of rotatable bonds is 6. The summed E-state index contributed by atoms with van der Waals surface area (Å²) in [6, 6.07) is 30.1. The Balaban J connectivity index is 0.000000212. The van der Waals surface area contributed by atoms with Crippen LogP contribution >= 0.6 is 0 Å². The molecule has 0 aromatic heterocycles. The molecule has 0 aliphatic carbocycles. The van der Waals surface area contributed by atoms with E-state index in [4.69, 9.17) is 18.9 Å². The van der Waals surface area contributed by atoms with E-state index in [2.05, 4.69) is 4.74 Å². The summed E-state index contributed by atoms with van der Waals surface area (Å²) in [7, 11) is 1.43. The normalized spacial score (nSPS) is 9.71. The van der Waals surface area contributed by atoms with Gasteiger partial charge in [0.25, 0.3) is 0 Å². The zero-order chi connectivity index (χ0) is 27.2. The number of phenols is 1. The molecule has 9 nitrogen and oxygen atoms in total. The molecule has 0 saturated heterocycles. The molecule has 0 aliphatic heterocycles. The van der Waals surface area contributed by atoms with Crippen molar-refractivity contribution < 1.29 is 43.2 Å². The third-order valence-electron chi connectivity index (χ3n) is 4.73. The number of para-hydroxylation sites is 4. The van der Waals surface area contributed by atoms with Crippen molar-refractivity contribution in [3.63, 3.8) is 0 Å². The van der Waals surface area contributed by atoms with Crippen LogP contribution in [-0.4, -0.2) is 30.5 Å². The Kier molecular flexibility index (Phi) is 10.3. The number of esters is 1. The Morgan fingerprint density at radius 1 is 0.658 bits per heavy atom. The SMILES string of the molecule is COc1ccccc1C(=O)OC(=O)Oc1ccccc1.O=C(OCc1ccccc1O)Oc1ccccc1. The minimum Gasteiger partial charge on any atom is -0.508 e. The van der Waals surface area contributed by atoms with Crippen molar-refractivity contribution in [3.8, 4) is 23.0 Å². The van der Waals surface area contributed by atoms with Gasteiger partial charge in [-0.15, -0.1) is 0 Å². The molecule has 0 heterocycles. The highest BCUT2D eigenvalue weighted by molar-refractivity contribution is 5.97. The molecule has 0 aliphatic rings. The second-order valence-corrected chi connectivity index (χ2v) is 7.34. The number of hydrogen-bond acceptors (Lipinski definition) is 9. The first-order chi connectivity index (χ1) is 18.5. The lowest BCUT2D eigenvalue weighted by Gasteiger charge is -2.07. The van der Waals surface area contributed by atoms with Crippen LogP contribution in [0.3, 0.4) is 0 Å². The van der Waals surface area contributed by atoms with Crippen molar-refractivity contribution >= 4 is 18.3 Å². The molecule has 0 radical (unpaired) electrons. The van der Waals surface area contributed by atoms with Gasteiger partial charge in [-0.1, -0.05) is 66.7 Å². The molecule has 0 atom stereocenters. The minimum absolute atomic E-state index is 0.0294. The molecule has 4 rings (SSSR count). The summed E-state index contributed by atoms with van der Waals surface area (Å²) in [5.41, 5.74) is 0.683. The van der Waals surface area contributed by atoms with E-state index in [0.717, 1.165) is 0 Å². The number of carbonyl (C=O) groups is 3. The first-order valence-electron chi connectivity index (χ1n) is 11.2. The van der Waals surface area contributed by atoms with Crippen LogP contribution in [0, 0.1) is 0 Å². The number of benzene rings is 4. The van der Waals surface area contributed by atoms with Gasteiger partial charge in [0.1, 0.15) is 35.2 Å². The maximum absolute atomic E-state index is 11.8. The topological polar surface area (TPSA) is 118 Å². The predicted octanol–water partition coefficient (Wildman–Crippen LogP) is 6.16. The van der Waals surface area contributed by atoms with Crippen LogP contribution in [-0.2, 0) is 16.1 Å². The van der Waals surface area contributed by atoms with Gasteiger partial charge in [-0.3, -0.25) is 0 Å². The molecule has 1 N–H and O–H groups in total. The first-order valence-corrected chi connectivity index (χ1v) is 11.2. The average Bonchev–Trinajstić information content (AvgIpc) is 2.94. The van der Waals surface area contributed by atoms with Crippen LogP contribution < -0.4 is 14.2 Å². The fourth-order valence-electron chi connectivity index (χ4n) is 2.93. The molecule has 0 spiro atoms. The molecule has 4 aromatic rings. The molecule has 0 unspecified atom stereocenters. The highest BCUT2D eigenvalue weighted by Crippen LogP contribution is 2.19. The number of methoxy groups -OCH3 is 1. The van der Waals surface area contributed by atoms with E-state index < -0.39 is 18.3 Å². The van der Waals surface area contributed by atoms with Gasteiger partial charge in [-0.05, 0) is 42.5 Å². The van der Waals surface area contributed by atoms with Crippen LogP contribution in [0.4, 0.5) is 9.59 Å². The summed E-state index contributed by atoms with van der Waals surface area (Å²) in [6.45, 7) is -0.0294. The van der Waals surface area contributed by atoms with Crippen LogP contribution in [0.1, 0.15) is 15.9 Å². The molecule has 0 saturated carbocycles. The van der Waals surface area contributed by atoms with Crippen molar-refractivity contribution in [1.29, 1.82) is 0 Å². The van der Waals surface area contributed by atoms with Gasteiger partial charge >= 0.3 is 18.3 Å². The molecule has 0 amide bonds. The highest BCUT2D eigenvalue weighted by Gasteiger charge is 2.18. The summed E-state index contributed by atoms with van der Waals surface area (Å²) < 4.78 is 24.3. The molecular formula is C29H24O9. The maximum Gasteiger partial charge on any atom is 0.521 e. The van der Waals surface area contributed by atoms with Crippen LogP contribution in [0.2, 0.25) is 0 Å².